The lowest BCUT2D eigenvalue weighted by molar-refractivity contribution is -0.135. The summed E-state index contributed by atoms with van der Waals surface area (Å²) in [5.74, 6) is -8.99. The molecule has 0 aliphatic heterocycles. The zero-order valence-corrected chi connectivity index (χ0v) is 12.2. The monoisotopic (exact) mass is 344 g/mol. The van der Waals surface area contributed by atoms with Gasteiger partial charge in [0.1, 0.15) is 0 Å². The highest BCUT2D eigenvalue weighted by Crippen LogP contribution is 2.54. The van der Waals surface area contributed by atoms with Gasteiger partial charge in [-0.3, -0.25) is 0 Å². The zero-order valence-electron chi connectivity index (χ0n) is 11.3. The van der Waals surface area contributed by atoms with E-state index in [-0.39, 0.29) is 0 Å². The number of rotatable bonds is 9. The van der Waals surface area contributed by atoms with Crippen LogP contribution in [0.2, 0.25) is 0 Å². The molecule has 11 heteroatoms. The minimum atomic E-state index is -5.16. The number of phosphoric acid groups is 1. The van der Waals surface area contributed by atoms with E-state index in [1.54, 1.807) is 17.2 Å². The molecular weight excluding hydrogens is 335 g/mol. The number of carbonyl (C=O) groups is 3. The van der Waals surface area contributed by atoms with Crippen molar-refractivity contribution in [3.63, 3.8) is 0 Å². The Morgan fingerprint density at radius 2 is 0.913 bits per heavy atom. The molecule has 0 bridgehead atoms. The van der Waals surface area contributed by atoms with E-state index in [4.69, 9.17) is 15.3 Å². The predicted octanol–water partition coefficient (Wildman–Crippen LogP) is 1.40. The summed E-state index contributed by atoms with van der Waals surface area (Å²) in [5, 5.41) is 26.2. The highest BCUT2D eigenvalue weighted by Gasteiger charge is 2.40. The van der Waals surface area contributed by atoms with Crippen LogP contribution in [-0.2, 0) is 32.5 Å². The van der Waals surface area contributed by atoms with Crippen LogP contribution in [0.1, 0.15) is 0 Å². The van der Waals surface area contributed by atoms with E-state index in [1.165, 1.54) is 0 Å². The quantitative estimate of drug-likeness (QED) is 0.242. The Morgan fingerprint density at radius 3 is 1.04 bits per heavy atom. The van der Waals surface area contributed by atoms with E-state index < -0.39 is 43.0 Å². The van der Waals surface area contributed by atoms with Gasteiger partial charge in [-0.1, -0.05) is 36.9 Å². The van der Waals surface area contributed by atoms with E-state index >= 15 is 0 Å². The van der Waals surface area contributed by atoms with Gasteiger partial charge in [0.25, 0.3) is 17.3 Å². The molecule has 122 valence electrons. The van der Waals surface area contributed by atoms with Gasteiger partial charge in [-0.15, -0.1) is 0 Å². The first kappa shape index (κ1) is 19.6. The van der Waals surface area contributed by atoms with E-state index in [9.17, 15) is 18.9 Å². The van der Waals surface area contributed by atoms with Gasteiger partial charge in [-0.25, -0.2) is 14.4 Å². The molecule has 0 rings (SSSR count). The van der Waals surface area contributed by atoms with Crippen LogP contribution in [0.4, 0.5) is 0 Å². The Labute approximate surface area is 128 Å². The maximum Gasteiger partial charge on any atom is 0.649 e. The Kier molecular flexibility index (Phi) is 6.94. The summed E-state index contributed by atoms with van der Waals surface area (Å²) in [6.45, 7) is 8.80. The molecule has 0 aromatic heterocycles. The van der Waals surface area contributed by atoms with Gasteiger partial charge in [-0.05, 0) is 0 Å². The normalized spacial score (nSPS) is 11.3. The number of phosphoric ester groups is 1. The van der Waals surface area contributed by atoms with Crippen LogP contribution in [0.25, 0.3) is 0 Å². The van der Waals surface area contributed by atoms with Crippen molar-refractivity contribution >= 4 is 25.7 Å². The third-order valence-electron chi connectivity index (χ3n) is 1.67. The minimum Gasteiger partial charge on any atom is -0.475 e. The Morgan fingerprint density at radius 1 is 0.696 bits per heavy atom. The summed E-state index contributed by atoms with van der Waals surface area (Å²) in [6, 6.07) is 0. The minimum absolute atomic E-state index is 1.18. The number of hydrogen-bond acceptors (Lipinski definition) is 7. The summed E-state index contributed by atoms with van der Waals surface area (Å²) in [7, 11) is -5.16. The average Bonchev–Trinajstić information content (AvgIpc) is 2.47. The van der Waals surface area contributed by atoms with Crippen molar-refractivity contribution in [1.82, 2.24) is 0 Å². The van der Waals surface area contributed by atoms with Gasteiger partial charge in [-0.2, -0.15) is 4.57 Å². The second kappa shape index (κ2) is 8.14. The van der Waals surface area contributed by atoms with Crippen LogP contribution in [0.5, 0.6) is 0 Å². The molecule has 0 aliphatic rings. The molecule has 0 fully saturated rings. The second-order valence-electron chi connectivity index (χ2n) is 3.15. The molecule has 0 atom stereocenters. The summed E-state index contributed by atoms with van der Waals surface area (Å²) >= 11 is 0. The maximum absolute atomic E-state index is 12.3. The molecule has 0 aliphatic carbocycles. The van der Waals surface area contributed by atoms with Gasteiger partial charge in [0, 0.05) is 0 Å². The maximum atomic E-state index is 12.3. The van der Waals surface area contributed by atoms with Crippen molar-refractivity contribution < 1.29 is 47.8 Å². The fourth-order valence-corrected chi connectivity index (χ4v) is 2.04. The molecule has 3 N–H and O–H groups in total. The van der Waals surface area contributed by atoms with E-state index in [2.05, 4.69) is 33.3 Å². The van der Waals surface area contributed by atoms with Crippen molar-refractivity contribution in [2.75, 3.05) is 0 Å². The number of carboxylic acids is 3. The fraction of sp³-hybridized carbons (Fsp3) is 0. The van der Waals surface area contributed by atoms with Crippen LogP contribution in [0.15, 0.2) is 54.2 Å². The Balaban J connectivity index is 5.92. The first-order valence-electron chi connectivity index (χ1n) is 5.19. The van der Waals surface area contributed by atoms with Crippen molar-refractivity contribution in [3.8, 4) is 0 Å². The van der Waals surface area contributed by atoms with E-state index in [0.717, 1.165) is 0 Å². The largest absolute Gasteiger partial charge is 0.649 e. The van der Waals surface area contributed by atoms with Crippen LogP contribution in [-0.4, -0.2) is 33.2 Å². The van der Waals surface area contributed by atoms with Crippen LogP contribution < -0.4 is 0 Å². The van der Waals surface area contributed by atoms with Crippen LogP contribution in [0, 0.1) is 0 Å². The molecule has 0 amide bonds. The second-order valence-corrected chi connectivity index (χ2v) is 4.60. The molecule has 0 unspecified atom stereocenters. The van der Waals surface area contributed by atoms with Crippen LogP contribution in [0.3, 0.4) is 0 Å². The SMILES string of the molecule is C=C=C(OP(=O)(OC(=C=C)C(=O)O)OC(=C=C)C(=O)O)C(=O)O. The van der Waals surface area contributed by atoms with Gasteiger partial charge in [0.05, 0.1) is 0 Å². The molecule has 0 aromatic rings. The molecule has 0 aromatic carbocycles. The molecule has 0 saturated heterocycles. The lowest BCUT2D eigenvalue weighted by Crippen LogP contribution is -2.11. The summed E-state index contributed by atoms with van der Waals surface area (Å²) in [6.07, 6.45) is 0. The van der Waals surface area contributed by atoms with Crippen molar-refractivity contribution in [3.05, 3.63) is 54.2 Å². The lowest BCUT2D eigenvalue weighted by Gasteiger charge is -2.17. The standard InChI is InChI=1S/C12H9O10P/c1-4-7(10(13)14)20-23(19,21-8(5-2)11(15)16)22-9(6-3)12(17)18/h1-3H2,(H,13,14)(H,15,16)(H,17,18). The van der Waals surface area contributed by atoms with Crippen molar-refractivity contribution in [2.45, 2.75) is 0 Å². The van der Waals surface area contributed by atoms with Gasteiger partial charge >= 0.3 is 25.7 Å². The van der Waals surface area contributed by atoms with Gasteiger partial charge in [0.15, 0.2) is 0 Å². The summed E-state index contributed by atoms with van der Waals surface area (Å²) < 4.78 is 25.4. The van der Waals surface area contributed by atoms with Crippen LogP contribution >= 0.6 is 7.82 Å². The van der Waals surface area contributed by atoms with E-state index in [1.807, 2.05) is 0 Å². The molecule has 0 spiro atoms. The third-order valence-corrected chi connectivity index (χ3v) is 2.89. The first-order chi connectivity index (χ1) is 10.6. The topological polar surface area (TPSA) is 157 Å². The molecule has 0 radical (unpaired) electrons. The highest BCUT2D eigenvalue weighted by atomic mass is 31.2. The molecule has 0 saturated carbocycles. The molecule has 0 heterocycles. The average molecular weight is 344 g/mol. The lowest BCUT2D eigenvalue weighted by atomic mass is 10.5. The number of aliphatic carboxylic acids is 3. The smallest absolute Gasteiger partial charge is 0.475 e. The zero-order chi connectivity index (χ0) is 18.2. The van der Waals surface area contributed by atoms with E-state index in [0.29, 0.717) is 0 Å². The number of hydrogen-bond donors (Lipinski definition) is 3. The molecule has 10 nitrogen and oxygen atoms in total. The highest BCUT2D eigenvalue weighted by molar-refractivity contribution is 7.49. The van der Waals surface area contributed by atoms with Gasteiger partial charge in [0.2, 0.25) is 0 Å². The summed E-state index contributed by atoms with van der Waals surface area (Å²) in [5.41, 5.74) is 5.18. The van der Waals surface area contributed by atoms with Crippen molar-refractivity contribution in [2.24, 2.45) is 0 Å². The van der Waals surface area contributed by atoms with Crippen molar-refractivity contribution in [1.29, 1.82) is 0 Å². The fourth-order valence-electron chi connectivity index (χ4n) is 0.832. The number of carboxylic acid groups (broad SMARTS) is 3. The predicted molar refractivity (Wildman–Crippen MR) is 71.7 cm³/mol. The Hall–Kier alpha value is -3.40. The molecular formula is C12H9O10P. The third kappa shape index (κ3) is 5.85. The molecule has 23 heavy (non-hydrogen) atoms. The summed E-state index contributed by atoms with van der Waals surface area (Å²) in [4.78, 5) is 32.4. The Bertz CT molecular complexity index is 642. The van der Waals surface area contributed by atoms with Gasteiger partial charge < -0.3 is 28.9 Å². The first-order valence-corrected chi connectivity index (χ1v) is 6.65.